The molecule has 1 aliphatic heterocycles. The minimum absolute atomic E-state index is 0.156. The normalized spacial score (nSPS) is 16.4. The summed E-state index contributed by atoms with van der Waals surface area (Å²) in [4.78, 5) is 21.5. The first-order valence-corrected chi connectivity index (χ1v) is 6.75. The molecule has 0 radical (unpaired) electrons. The van der Waals surface area contributed by atoms with Crippen LogP contribution in [-0.4, -0.2) is 36.3 Å². The molecule has 0 aliphatic carbocycles. The predicted molar refractivity (Wildman–Crippen MR) is 79.0 cm³/mol. The fraction of sp³-hybridized carbons (Fsp3) is 0.429. The molecule has 2 heterocycles. The lowest BCUT2D eigenvalue weighted by Gasteiger charge is -2.31. The number of ether oxygens (including phenoxy) is 1. The summed E-state index contributed by atoms with van der Waals surface area (Å²) < 4.78 is 5.36. The van der Waals surface area contributed by atoms with Crippen molar-refractivity contribution < 1.29 is 4.74 Å². The van der Waals surface area contributed by atoms with E-state index in [1.165, 1.54) is 0 Å². The van der Waals surface area contributed by atoms with Crippen LogP contribution in [0.1, 0.15) is 12.8 Å². The maximum atomic E-state index is 12.1. The molecule has 3 N–H and O–H groups in total. The first-order valence-electron chi connectivity index (χ1n) is 6.75. The predicted octanol–water partition coefficient (Wildman–Crippen LogP) is 1.12. The Kier molecular flexibility index (Phi) is 3.31. The highest BCUT2D eigenvalue weighted by molar-refractivity contribution is 5.81. The zero-order chi connectivity index (χ0) is 14.1. The smallest absolute Gasteiger partial charge is 0.260 e. The van der Waals surface area contributed by atoms with E-state index in [4.69, 9.17) is 10.5 Å². The van der Waals surface area contributed by atoms with Gasteiger partial charge in [-0.3, -0.25) is 9.78 Å². The topological polar surface area (TPSA) is 84.2 Å². The molecule has 0 atom stereocenters. The molecular weight excluding hydrogens is 256 g/mol. The summed E-state index contributed by atoms with van der Waals surface area (Å²) in [5.74, 6) is 0.596. The standard InChI is InChI=1S/C14H18N4O2/c1-18(10-4-6-20-7-5-10)14-16-12-3-2-9(15)8-11(12)13(19)17-14/h2-3,8,10H,4-7,15H2,1H3,(H,16,17,19). The molecule has 0 spiro atoms. The number of nitrogen functional groups attached to an aromatic ring is 1. The molecule has 1 saturated heterocycles. The second-order valence-electron chi connectivity index (χ2n) is 5.12. The number of hydrogen-bond acceptors (Lipinski definition) is 5. The molecule has 0 unspecified atom stereocenters. The van der Waals surface area contributed by atoms with E-state index in [2.05, 4.69) is 9.97 Å². The van der Waals surface area contributed by atoms with Crippen molar-refractivity contribution in [1.82, 2.24) is 9.97 Å². The number of H-pyrrole nitrogens is 1. The van der Waals surface area contributed by atoms with Gasteiger partial charge in [-0.15, -0.1) is 0 Å². The van der Waals surface area contributed by atoms with Gasteiger partial charge in [0.25, 0.3) is 5.56 Å². The lowest BCUT2D eigenvalue weighted by atomic mass is 10.1. The SMILES string of the molecule is CN(c1nc2ccc(N)cc2c(=O)[nH]1)C1CCOCC1. The van der Waals surface area contributed by atoms with Gasteiger partial charge in [0, 0.05) is 32.0 Å². The maximum Gasteiger partial charge on any atom is 0.260 e. The number of anilines is 2. The number of aromatic amines is 1. The number of aromatic nitrogens is 2. The lowest BCUT2D eigenvalue weighted by molar-refractivity contribution is 0.0852. The third-order valence-corrected chi connectivity index (χ3v) is 3.79. The summed E-state index contributed by atoms with van der Waals surface area (Å²) in [6, 6.07) is 5.53. The van der Waals surface area contributed by atoms with E-state index in [1.807, 2.05) is 11.9 Å². The highest BCUT2D eigenvalue weighted by atomic mass is 16.5. The molecule has 20 heavy (non-hydrogen) atoms. The molecule has 1 aromatic heterocycles. The van der Waals surface area contributed by atoms with Crippen LogP contribution in [0.2, 0.25) is 0 Å². The van der Waals surface area contributed by atoms with Crippen LogP contribution in [0.4, 0.5) is 11.6 Å². The van der Waals surface area contributed by atoms with Gasteiger partial charge in [0.1, 0.15) is 0 Å². The zero-order valence-electron chi connectivity index (χ0n) is 11.4. The highest BCUT2D eigenvalue weighted by Gasteiger charge is 2.20. The number of fused-ring (bicyclic) bond motifs is 1. The first-order chi connectivity index (χ1) is 9.65. The number of nitrogens with zero attached hydrogens (tertiary/aromatic N) is 2. The van der Waals surface area contributed by atoms with Gasteiger partial charge in [-0.05, 0) is 31.0 Å². The van der Waals surface area contributed by atoms with Gasteiger partial charge in [0.2, 0.25) is 5.95 Å². The van der Waals surface area contributed by atoms with Crippen molar-refractivity contribution in [2.45, 2.75) is 18.9 Å². The number of benzene rings is 1. The van der Waals surface area contributed by atoms with Crippen molar-refractivity contribution in [2.24, 2.45) is 0 Å². The van der Waals surface area contributed by atoms with Gasteiger partial charge in [-0.1, -0.05) is 0 Å². The third kappa shape index (κ3) is 2.34. The van der Waals surface area contributed by atoms with E-state index in [-0.39, 0.29) is 5.56 Å². The Morgan fingerprint density at radius 1 is 1.40 bits per heavy atom. The van der Waals surface area contributed by atoms with Crippen molar-refractivity contribution in [3.05, 3.63) is 28.6 Å². The van der Waals surface area contributed by atoms with E-state index in [1.54, 1.807) is 18.2 Å². The average Bonchev–Trinajstić information content (AvgIpc) is 2.48. The summed E-state index contributed by atoms with van der Waals surface area (Å²) in [6.45, 7) is 1.51. The second-order valence-corrected chi connectivity index (χ2v) is 5.12. The van der Waals surface area contributed by atoms with E-state index in [0.29, 0.717) is 28.6 Å². The fourth-order valence-corrected chi connectivity index (χ4v) is 2.56. The number of hydrogen-bond donors (Lipinski definition) is 2. The van der Waals surface area contributed by atoms with Crippen molar-refractivity contribution in [2.75, 3.05) is 30.9 Å². The van der Waals surface area contributed by atoms with Gasteiger partial charge in [0.15, 0.2) is 0 Å². The summed E-state index contributed by atoms with van der Waals surface area (Å²) in [6.07, 6.45) is 1.89. The molecule has 0 amide bonds. The van der Waals surface area contributed by atoms with Crippen LogP contribution in [0.15, 0.2) is 23.0 Å². The maximum absolute atomic E-state index is 12.1. The van der Waals surface area contributed by atoms with Crippen LogP contribution in [0.3, 0.4) is 0 Å². The molecule has 2 aromatic rings. The number of nitrogens with one attached hydrogen (secondary N) is 1. The quantitative estimate of drug-likeness (QED) is 0.802. The van der Waals surface area contributed by atoms with Crippen molar-refractivity contribution >= 4 is 22.5 Å². The van der Waals surface area contributed by atoms with E-state index >= 15 is 0 Å². The monoisotopic (exact) mass is 274 g/mol. The van der Waals surface area contributed by atoms with Crippen LogP contribution < -0.4 is 16.2 Å². The van der Waals surface area contributed by atoms with E-state index < -0.39 is 0 Å². The van der Waals surface area contributed by atoms with E-state index in [9.17, 15) is 4.79 Å². The van der Waals surface area contributed by atoms with Crippen molar-refractivity contribution in [3.8, 4) is 0 Å². The first kappa shape index (κ1) is 12.9. The van der Waals surface area contributed by atoms with Crippen molar-refractivity contribution in [1.29, 1.82) is 0 Å². The van der Waals surface area contributed by atoms with E-state index in [0.717, 1.165) is 26.1 Å². The summed E-state index contributed by atoms with van der Waals surface area (Å²) in [5.41, 5.74) is 6.78. The van der Waals surface area contributed by atoms with Crippen LogP contribution in [-0.2, 0) is 4.74 Å². The molecule has 1 fully saturated rings. The Morgan fingerprint density at radius 3 is 2.90 bits per heavy atom. The Bertz CT molecular complexity index is 676. The van der Waals surface area contributed by atoms with Crippen LogP contribution in [0.25, 0.3) is 10.9 Å². The van der Waals surface area contributed by atoms with Gasteiger partial charge in [-0.25, -0.2) is 4.98 Å². The average molecular weight is 274 g/mol. The summed E-state index contributed by atoms with van der Waals surface area (Å²) in [5, 5.41) is 0.522. The fourth-order valence-electron chi connectivity index (χ4n) is 2.56. The Hall–Kier alpha value is -2.08. The zero-order valence-corrected chi connectivity index (χ0v) is 11.4. The minimum Gasteiger partial charge on any atom is -0.399 e. The molecule has 106 valence electrons. The van der Waals surface area contributed by atoms with Crippen LogP contribution >= 0.6 is 0 Å². The van der Waals surface area contributed by atoms with Gasteiger partial charge < -0.3 is 15.4 Å². The molecule has 0 bridgehead atoms. The molecular formula is C14H18N4O2. The molecule has 6 heteroatoms. The number of nitrogens with two attached hydrogens (primary N) is 1. The molecule has 1 aromatic carbocycles. The van der Waals surface area contributed by atoms with Gasteiger partial charge in [-0.2, -0.15) is 0 Å². The largest absolute Gasteiger partial charge is 0.399 e. The molecule has 6 nitrogen and oxygen atoms in total. The summed E-state index contributed by atoms with van der Waals surface area (Å²) >= 11 is 0. The van der Waals surface area contributed by atoms with Gasteiger partial charge in [0.05, 0.1) is 10.9 Å². The Labute approximate surface area is 116 Å². The van der Waals surface area contributed by atoms with Crippen LogP contribution in [0.5, 0.6) is 0 Å². The lowest BCUT2D eigenvalue weighted by Crippen LogP contribution is -2.38. The summed E-state index contributed by atoms with van der Waals surface area (Å²) in [7, 11) is 1.96. The Morgan fingerprint density at radius 2 is 2.15 bits per heavy atom. The second kappa shape index (κ2) is 5.13. The van der Waals surface area contributed by atoms with Crippen LogP contribution in [0, 0.1) is 0 Å². The highest BCUT2D eigenvalue weighted by Crippen LogP contribution is 2.19. The number of rotatable bonds is 2. The molecule has 0 saturated carbocycles. The Balaban J connectivity index is 1.99. The third-order valence-electron chi connectivity index (χ3n) is 3.79. The molecule has 1 aliphatic rings. The van der Waals surface area contributed by atoms with Crippen molar-refractivity contribution in [3.63, 3.8) is 0 Å². The van der Waals surface area contributed by atoms with Gasteiger partial charge >= 0.3 is 0 Å². The molecule has 3 rings (SSSR count). The minimum atomic E-state index is -0.156.